The molecule has 6 heteroatoms. The summed E-state index contributed by atoms with van der Waals surface area (Å²) in [5.41, 5.74) is 9.42. The molecule has 122 valence electrons. The van der Waals surface area contributed by atoms with E-state index >= 15 is 0 Å². The number of nitrogens with zero attached hydrogens (tertiary/aromatic N) is 4. The number of hydrogen-bond acceptors (Lipinski definition) is 4. The van der Waals surface area contributed by atoms with Gasteiger partial charge in [-0.05, 0) is 36.6 Å². The highest BCUT2D eigenvalue weighted by atomic mass is 16.4. The zero-order valence-corrected chi connectivity index (χ0v) is 13.7. The molecule has 0 spiro atoms. The van der Waals surface area contributed by atoms with E-state index < -0.39 is 5.63 Å². The number of rotatable bonds is 8. The Balaban J connectivity index is 2.38. The Morgan fingerprint density at radius 3 is 2.48 bits per heavy atom. The van der Waals surface area contributed by atoms with Crippen molar-refractivity contribution >= 4 is 22.3 Å². The van der Waals surface area contributed by atoms with Crippen LogP contribution in [-0.4, -0.2) is 13.1 Å². The Labute approximate surface area is 135 Å². The Kier molecular flexibility index (Phi) is 6.06. The maximum atomic E-state index is 11.8. The van der Waals surface area contributed by atoms with Gasteiger partial charge in [-0.25, -0.2) is 4.79 Å². The van der Waals surface area contributed by atoms with Crippen LogP contribution in [0.3, 0.4) is 0 Å². The molecule has 0 N–H and O–H groups in total. The van der Waals surface area contributed by atoms with Crippen molar-refractivity contribution < 1.29 is 4.42 Å². The van der Waals surface area contributed by atoms with Crippen molar-refractivity contribution in [1.29, 1.82) is 0 Å². The lowest BCUT2D eigenvalue weighted by Gasteiger charge is -2.24. The number of benzene rings is 1. The minimum absolute atomic E-state index is 0.0124. The molecule has 0 bridgehead atoms. The van der Waals surface area contributed by atoms with Gasteiger partial charge in [-0.2, -0.15) is 0 Å². The number of unbranched alkanes of at least 4 members (excludes halogenated alkanes) is 2. The van der Waals surface area contributed by atoms with Gasteiger partial charge in [-0.1, -0.05) is 31.8 Å². The summed E-state index contributed by atoms with van der Waals surface area (Å²) >= 11 is 0. The molecule has 0 unspecified atom stereocenters. The minimum atomic E-state index is -0.610. The second-order valence-electron chi connectivity index (χ2n) is 5.52. The number of azide groups is 1. The second-order valence-corrected chi connectivity index (χ2v) is 5.52. The first-order valence-corrected chi connectivity index (χ1v) is 8.07. The third-order valence-electron chi connectivity index (χ3n) is 3.78. The molecule has 1 aromatic carbocycles. The maximum Gasteiger partial charge on any atom is 0.345 e. The zero-order valence-electron chi connectivity index (χ0n) is 13.7. The van der Waals surface area contributed by atoms with E-state index in [-0.39, 0.29) is 5.69 Å². The summed E-state index contributed by atoms with van der Waals surface area (Å²) in [6.07, 6.45) is 4.53. The lowest BCUT2D eigenvalue weighted by atomic mass is 10.1. The van der Waals surface area contributed by atoms with E-state index in [4.69, 9.17) is 9.95 Å². The average Bonchev–Trinajstić information content (AvgIpc) is 2.55. The van der Waals surface area contributed by atoms with Crippen LogP contribution in [0.5, 0.6) is 0 Å². The fourth-order valence-corrected chi connectivity index (χ4v) is 2.47. The molecule has 0 amide bonds. The molecular weight excluding hydrogens is 292 g/mol. The highest BCUT2D eigenvalue weighted by molar-refractivity contribution is 5.82. The van der Waals surface area contributed by atoms with E-state index in [9.17, 15) is 4.79 Å². The molecule has 2 rings (SSSR count). The summed E-state index contributed by atoms with van der Waals surface area (Å²) in [6.45, 7) is 6.33. The molecule has 1 heterocycles. The van der Waals surface area contributed by atoms with Gasteiger partial charge < -0.3 is 9.32 Å². The van der Waals surface area contributed by atoms with Crippen LogP contribution in [-0.2, 0) is 0 Å². The molecule has 23 heavy (non-hydrogen) atoms. The van der Waals surface area contributed by atoms with Crippen LogP contribution in [0.4, 0.5) is 11.4 Å². The molecule has 2 aromatic rings. The number of fused-ring (bicyclic) bond motifs is 1. The van der Waals surface area contributed by atoms with Gasteiger partial charge in [0.2, 0.25) is 0 Å². The van der Waals surface area contributed by atoms with E-state index in [1.54, 1.807) is 6.07 Å². The van der Waals surface area contributed by atoms with Crippen molar-refractivity contribution in [3.05, 3.63) is 45.1 Å². The monoisotopic (exact) mass is 314 g/mol. The van der Waals surface area contributed by atoms with Gasteiger partial charge in [0.15, 0.2) is 0 Å². The van der Waals surface area contributed by atoms with E-state index in [1.165, 1.54) is 0 Å². The van der Waals surface area contributed by atoms with Gasteiger partial charge in [0, 0.05) is 35.1 Å². The van der Waals surface area contributed by atoms with Crippen molar-refractivity contribution in [1.82, 2.24) is 0 Å². The molecule has 0 aliphatic carbocycles. The zero-order chi connectivity index (χ0) is 16.7. The smallest absolute Gasteiger partial charge is 0.345 e. The first-order valence-electron chi connectivity index (χ1n) is 8.07. The largest absolute Gasteiger partial charge is 0.422 e. The van der Waals surface area contributed by atoms with Gasteiger partial charge in [0.05, 0.1) is 0 Å². The molecule has 1 aromatic heterocycles. The van der Waals surface area contributed by atoms with Gasteiger partial charge in [-0.3, -0.25) is 0 Å². The molecule has 0 saturated heterocycles. The van der Waals surface area contributed by atoms with Crippen LogP contribution >= 0.6 is 0 Å². The van der Waals surface area contributed by atoms with Crippen molar-refractivity contribution in [3.8, 4) is 0 Å². The quantitative estimate of drug-likeness (QED) is 0.293. The van der Waals surface area contributed by atoms with Gasteiger partial charge in [0.1, 0.15) is 11.3 Å². The molecule has 0 saturated carbocycles. The predicted molar refractivity (Wildman–Crippen MR) is 93.3 cm³/mol. The van der Waals surface area contributed by atoms with Gasteiger partial charge in [-0.15, -0.1) is 0 Å². The van der Waals surface area contributed by atoms with Crippen LogP contribution in [0, 0.1) is 0 Å². The van der Waals surface area contributed by atoms with Crippen LogP contribution < -0.4 is 10.5 Å². The standard InChI is InChI=1S/C17H22N4O2/c1-3-5-9-21(10-6-4-2)14-8-7-13-11-15(19-20-18)17(22)23-16(13)12-14/h7-8,11-12H,3-6,9-10H2,1-2H3. The summed E-state index contributed by atoms with van der Waals surface area (Å²) in [5, 5.41) is 4.11. The first-order chi connectivity index (χ1) is 11.2. The Morgan fingerprint density at radius 1 is 1.17 bits per heavy atom. The van der Waals surface area contributed by atoms with E-state index in [1.807, 2.05) is 18.2 Å². The van der Waals surface area contributed by atoms with Crippen molar-refractivity contribution in [3.63, 3.8) is 0 Å². The normalized spacial score (nSPS) is 10.5. The highest BCUT2D eigenvalue weighted by Gasteiger charge is 2.09. The number of hydrogen-bond donors (Lipinski definition) is 0. The lowest BCUT2D eigenvalue weighted by molar-refractivity contribution is 0.562. The Hall–Kier alpha value is -2.46. The van der Waals surface area contributed by atoms with E-state index in [2.05, 4.69) is 28.8 Å². The van der Waals surface area contributed by atoms with Gasteiger partial charge >= 0.3 is 5.63 Å². The molecule has 0 aliphatic heterocycles. The summed E-state index contributed by atoms with van der Waals surface area (Å²) in [7, 11) is 0. The molecule has 0 radical (unpaired) electrons. The summed E-state index contributed by atoms with van der Waals surface area (Å²) in [4.78, 5) is 16.8. The van der Waals surface area contributed by atoms with Crippen LogP contribution in [0.25, 0.3) is 21.4 Å². The first kappa shape index (κ1) is 16.9. The Morgan fingerprint density at radius 2 is 1.87 bits per heavy atom. The third-order valence-corrected chi connectivity index (χ3v) is 3.78. The summed E-state index contributed by atoms with van der Waals surface area (Å²) in [6, 6.07) is 7.37. The predicted octanol–water partition coefficient (Wildman–Crippen LogP) is 5.14. The summed E-state index contributed by atoms with van der Waals surface area (Å²) in [5.74, 6) is 0. The third kappa shape index (κ3) is 4.27. The van der Waals surface area contributed by atoms with Crippen LogP contribution in [0.1, 0.15) is 39.5 Å². The molecule has 0 atom stereocenters. The highest BCUT2D eigenvalue weighted by Crippen LogP contribution is 2.24. The lowest BCUT2D eigenvalue weighted by Crippen LogP contribution is -2.25. The summed E-state index contributed by atoms with van der Waals surface area (Å²) < 4.78 is 5.30. The second kappa shape index (κ2) is 8.25. The SMILES string of the molecule is CCCCN(CCCC)c1ccc2cc(N=[N+]=[N-])c(=O)oc2c1. The fourth-order valence-electron chi connectivity index (χ4n) is 2.47. The Bertz CT molecular complexity index is 755. The van der Waals surface area contributed by atoms with Crippen LogP contribution in [0.2, 0.25) is 0 Å². The maximum absolute atomic E-state index is 11.8. The molecule has 6 nitrogen and oxygen atoms in total. The van der Waals surface area contributed by atoms with Gasteiger partial charge in [0.25, 0.3) is 0 Å². The topological polar surface area (TPSA) is 82.2 Å². The number of anilines is 1. The molecule has 0 aliphatic rings. The van der Waals surface area contributed by atoms with E-state index in [0.717, 1.165) is 49.8 Å². The van der Waals surface area contributed by atoms with Crippen molar-refractivity contribution in [2.24, 2.45) is 5.11 Å². The van der Waals surface area contributed by atoms with Crippen molar-refractivity contribution in [2.75, 3.05) is 18.0 Å². The van der Waals surface area contributed by atoms with E-state index in [0.29, 0.717) is 5.58 Å². The fraction of sp³-hybridized carbons (Fsp3) is 0.471. The average molecular weight is 314 g/mol. The van der Waals surface area contributed by atoms with Crippen LogP contribution in [0.15, 0.2) is 38.6 Å². The minimum Gasteiger partial charge on any atom is -0.422 e. The molecular formula is C17H22N4O2. The van der Waals surface area contributed by atoms with Crippen molar-refractivity contribution in [2.45, 2.75) is 39.5 Å². The molecule has 0 fully saturated rings.